The van der Waals surface area contributed by atoms with Crippen molar-refractivity contribution in [1.82, 2.24) is 0 Å². The summed E-state index contributed by atoms with van der Waals surface area (Å²) >= 11 is 0. The van der Waals surface area contributed by atoms with E-state index in [1.54, 1.807) is 5.57 Å². The first-order valence-electron chi connectivity index (χ1n) is 6.62. The van der Waals surface area contributed by atoms with E-state index in [1.165, 1.54) is 12.8 Å². The molecule has 0 aromatic heterocycles. The number of hydrogen-bond acceptors (Lipinski definition) is 1. The van der Waals surface area contributed by atoms with Crippen molar-refractivity contribution in [2.24, 2.45) is 22.7 Å². The maximum atomic E-state index is 9.81. The second-order valence-electron chi connectivity index (χ2n) is 7.16. The van der Waals surface area contributed by atoms with Gasteiger partial charge in [0.05, 0.1) is 6.10 Å². The molecule has 92 valence electrons. The number of aliphatic hydroxyl groups excluding tert-OH is 1. The van der Waals surface area contributed by atoms with E-state index in [1.807, 2.05) is 6.92 Å². The summed E-state index contributed by atoms with van der Waals surface area (Å²) in [4.78, 5) is 0. The minimum atomic E-state index is -0.227. The summed E-state index contributed by atoms with van der Waals surface area (Å²) in [7, 11) is 0. The predicted octanol–water partition coefficient (Wildman–Crippen LogP) is 3.78. The lowest BCUT2D eigenvalue weighted by atomic mass is 9.48. The second kappa shape index (κ2) is 3.60. The van der Waals surface area contributed by atoms with Crippen LogP contribution in [0.1, 0.15) is 53.9 Å². The molecule has 0 spiro atoms. The highest BCUT2D eigenvalue weighted by molar-refractivity contribution is 5.24. The zero-order valence-electron chi connectivity index (χ0n) is 11.4. The summed E-state index contributed by atoms with van der Waals surface area (Å²) in [5, 5.41) is 9.81. The summed E-state index contributed by atoms with van der Waals surface area (Å²) in [5.41, 5.74) is 2.14. The second-order valence-corrected chi connectivity index (χ2v) is 7.16. The van der Waals surface area contributed by atoms with Gasteiger partial charge in [-0.2, -0.15) is 0 Å². The number of aliphatic hydroxyl groups is 1. The molecule has 3 aliphatic rings. The van der Waals surface area contributed by atoms with Gasteiger partial charge < -0.3 is 5.11 Å². The van der Waals surface area contributed by atoms with E-state index in [2.05, 4.69) is 33.8 Å². The Balaban J connectivity index is 2.10. The zero-order valence-corrected chi connectivity index (χ0v) is 11.4. The van der Waals surface area contributed by atoms with E-state index >= 15 is 0 Å². The molecule has 2 bridgehead atoms. The van der Waals surface area contributed by atoms with Gasteiger partial charge in [0, 0.05) is 0 Å². The molecule has 1 N–H and O–H groups in total. The average Bonchev–Trinajstić information content (AvgIpc) is 2.16. The fraction of sp³-hybridized carbons (Fsp3) is 0.867. The maximum Gasteiger partial charge on any atom is 0.0566 e. The Morgan fingerprint density at radius 2 is 2.12 bits per heavy atom. The van der Waals surface area contributed by atoms with Crippen LogP contribution in [0, 0.1) is 22.7 Å². The molecular weight excluding hydrogens is 196 g/mol. The molecule has 0 amide bonds. The van der Waals surface area contributed by atoms with Crippen LogP contribution in [0.5, 0.6) is 0 Å². The van der Waals surface area contributed by atoms with Crippen molar-refractivity contribution < 1.29 is 5.11 Å². The third kappa shape index (κ3) is 1.73. The molecule has 3 rings (SSSR count). The molecule has 3 aliphatic carbocycles. The van der Waals surface area contributed by atoms with E-state index in [9.17, 15) is 5.11 Å². The normalized spacial score (nSPS) is 34.0. The van der Waals surface area contributed by atoms with Crippen molar-refractivity contribution >= 4 is 0 Å². The van der Waals surface area contributed by atoms with Gasteiger partial charge in [-0.05, 0) is 48.9 Å². The van der Waals surface area contributed by atoms with Crippen LogP contribution in [0.3, 0.4) is 0 Å². The summed E-state index contributed by atoms with van der Waals surface area (Å²) < 4.78 is 0. The average molecular weight is 222 g/mol. The molecular formula is C15H26O. The van der Waals surface area contributed by atoms with E-state index in [0.717, 1.165) is 18.3 Å². The third-order valence-electron chi connectivity index (χ3n) is 5.37. The number of fused-ring (bicyclic) bond motifs is 1. The molecule has 1 heteroatoms. The SMILES string of the molecule is CC(O)C(C)(C)CC1=CC[C@H]2C[C@@H]1C2(C)C. The van der Waals surface area contributed by atoms with Crippen molar-refractivity contribution in [3.8, 4) is 0 Å². The molecule has 0 heterocycles. The lowest BCUT2D eigenvalue weighted by Crippen LogP contribution is -2.48. The summed E-state index contributed by atoms with van der Waals surface area (Å²) in [6, 6.07) is 0. The summed E-state index contributed by atoms with van der Waals surface area (Å²) in [5.74, 6) is 1.69. The van der Waals surface area contributed by atoms with E-state index in [0.29, 0.717) is 5.41 Å². The van der Waals surface area contributed by atoms with Crippen LogP contribution in [-0.2, 0) is 0 Å². The van der Waals surface area contributed by atoms with Gasteiger partial charge in [-0.1, -0.05) is 39.3 Å². The zero-order chi connectivity index (χ0) is 12.1. The topological polar surface area (TPSA) is 20.2 Å². The monoisotopic (exact) mass is 222 g/mol. The van der Waals surface area contributed by atoms with E-state index in [-0.39, 0.29) is 11.5 Å². The standard InChI is InChI=1S/C15H26O/c1-10(16)14(2,3)9-11-6-7-12-8-13(11)15(12,4)5/h6,10,12-13,16H,7-9H2,1-5H3/t10?,12-,13-/m0/s1. The Morgan fingerprint density at radius 1 is 1.50 bits per heavy atom. The summed E-state index contributed by atoms with van der Waals surface area (Å²) in [6.07, 6.45) is 5.93. The Morgan fingerprint density at radius 3 is 2.56 bits per heavy atom. The Hall–Kier alpha value is -0.300. The first-order valence-corrected chi connectivity index (χ1v) is 6.62. The lowest BCUT2D eigenvalue weighted by Gasteiger charge is -2.57. The van der Waals surface area contributed by atoms with Crippen LogP contribution < -0.4 is 0 Å². The van der Waals surface area contributed by atoms with Crippen molar-refractivity contribution in [2.75, 3.05) is 0 Å². The number of allylic oxidation sites excluding steroid dienone is 2. The Kier molecular flexibility index (Phi) is 2.73. The van der Waals surface area contributed by atoms with Crippen LogP contribution in [0.15, 0.2) is 11.6 Å². The van der Waals surface area contributed by atoms with Crippen molar-refractivity contribution in [3.63, 3.8) is 0 Å². The molecule has 1 unspecified atom stereocenters. The Labute approximate surface area is 99.9 Å². The smallest absolute Gasteiger partial charge is 0.0566 e. The molecule has 16 heavy (non-hydrogen) atoms. The van der Waals surface area contributed by atoms with Crippen LogP contribution in [0.25, 0.3) is 0 Å². The van der Waals surface area contributed by atoms with Gasteiger partial charge >= 0.3 is 0 Å². The minimum Gasteiger partial charge on any atom is -0.393 e. The van der Waals surface area contributed by atoms with Gasteiger partial charge in [0.2, 0.25) is 0 Å². The first-order chi connectivity index (χ1) is 7.25. The number of rotatable bonds is 3. The predicted molar refractivity (Wildman–Crippen MR) is 68.2 cm³/mol. The third-order valence-corrected chi connectivity index (χ3v) is 5.37. The van der Waals surface area contributed by atoms with Gasteiger partial charge in [-0.3, -0.25) is 0 Å². The highest BCUT2D eigenvalue weighted by atomic mass is 16.3. The molecule has 0 aromatic rings. The number of hydrogen-bond donors (Lipinski definition) is 1. The fourth-order valence-corrected chi connectivity index (χ4v) is 3.35. The van der Waals surface area contributed by atoms with Gasteiger partial charge in [0.15, 0.2) is 0 Å². The molecule has 1 saturated carbocycles. The lowest BCUT2D eigenvalue weighted by molar-refractivity contribution is -0.0174. The van der Waals surface area contributed by atoms with Crippen LogP contribution in [0.4, 0.5) is 0 Å². The van der Waals surface area contributed by atoms with E-state index in [4.69, 9.17) is 0 Å². The summed E-state index contributed by atoms with van der Waals surface area (Å²) in [6.45, 7) is 11.1. The largest absolute Gasteiger partial charge is 0.393 e. The van der Waals surface area contributed by atoms with Crippen LogP contribution in [0.2, 0.25) is 0 Å². The highest BCUT2D eigenvalue weighted by Crippen LogP contribution is 2.60. The van der Waals surface area contributed by atoms with Crippen molar-refractivity contribution in [1.29, 1.82) is 0 Å². The molecule has 0 aliphatic heterocycles. The molecule has 0 aromatic carbocycles. The Bertz CT molecular complexity index is 309. The maximum absolute atomic E-state index is 9.81. The molecule has 3 atom stereocenters. The molecule has 1 nitrogen and oxygen atoms in total. The first kappa shape index (κ1) is 12.2. The quantitative estimate of drug-likeness (QED) is 0.721. The van der Waals surface area contributed by atoms with Crippen molar-refractivity contribution in [3.05, 3.63) is 11.6 Å². The van der Waals surface area contributed by atoms with Gasteiger partial charge in [-0.15, -0.1) is 0 Å². The molecule has 1 fully saturated rings. The van der Waals surface area contributed by atoms with Gasteiger partial charge in [0.25, 0.3) is 0 Å². The van der Waals surface area contributed by atoms with Gasteiger partial charge in [-0.25, -0.2) is 0 Å². The van der Waals surface area contributed by atoms with E-state index < -0.39 is 0 Å². The fourth-order valence-electron chi connectivity index (χ4n) is 3.35. The molecule has 0 saturated heterocycles. The van der Waals surface area contributed by atoms with Gasteiger partial charge in [0.1, 0.15) is 0 Å². The van der Waals surface area contributed by atoms with Crippen molar-refractivity contribution in [2.45, 2.75) is 60.0 Å². The van der Waals surface area contributed by atoms with Crippen LogP contribution >= 0.6 is 0 Å². The minimum absolute atomic E-state index is 0.0182. The van der Waals surface area contributed by atoms with Crippen LogP contribution in [-0.4, -0.2) is 11.2 Å². The highest BCUT2D eigenvalue weighted by Gasteiger charge is 2.51. The molecule has 0 radical (unpaired) electrons.